The first kappa shape index (κ1) is 18.3. The number of nitro benzene ring substituents is 1. The number of carbonyl (C=O) groups excluding carboxylic acids is 1. The normalized spacial score (nSPS) is 15.5. The highest BCUT2D eigenvalue weighted by molar-refractivity contribution is 7.89. The zero-order valence-electron chi connectivity index (χ0n) is 13.6. The number of hydrogen-bond donors (Lipinski definition) is 1. The van der Waals surface area contributed by atoms with Crippen molar-refractivity contribution in [1.29, 1.82) is 0 Å². The minimum absolute atomic E-state index is 0.160. The molecule has 1 N–H and O–H groups in total. The average Bonchev–Trinajstić information content (AvgIpc) is 2.55. The number of nitrogens with zero attached hydrogens (tertiary/aromatic N) is 3. The van der Waals surface area contributed by atoms with Gasteiger partial charge in [-0.2, -0.15) is 4.31 Å². The molecule has 0 unspecified atom stereocenters. The number of carbonyl (C=O) groups is 1. The number of aryl methyl sites for hydroxylation is 1. The van der Waals surface area contributed by atoms with E-state index in [0.717, 1.165) is 10.4 Å². The summed E-state index contributed by atoms with van der Waals surface area (Å²) >= 11 is 0. The second-order valence-corrected chi connectivity index (χ2v) is 7.61. The molecule has 0 aromatic heterocycles. The highest BCUT2D eigenvalue weighted by Gasteiger charge is 2.28. The highest BCUT2D eigenvalue weighted by atomic mass is 32.2. The van der Waals surface area contributed by atoms with E-state index in [2.05, 4.69) is 5.32 Å². The van der Waals surface area contributed by atoms with Gasteiger partial charge in [0.1, 0.15) is 0 Å². The van der Waals surface area contributed by atoms with Crippen molar-refractivity contribution >= 4 is 21.6 Å². The van der Waals surface area contributed by atoms with Gasteiger partial charge in [0.05, 0.1) is 16.4 Å². The van der Waals surface area contributed by atoms with Crippen molar-refractivity contribution in [2.24, 2.45) is 0 Å². The zero-order chi connectivity index (χ0) is 17.9. The van der Waals surface area contributed by atoms with Gasteiger partial charge in [-0.1, -0.05) is 6.07 Å². The zero-order valence-corrected chi connectivity index (χ0v) is 14.4. The minimum Gasteiger partial charge on any atom is -0.339 e. The van der Waals surface area contributed by atoms with Gasteiger partial charge in [-0.25, -0.2) is 8.42 Å². The summed E-state index contributed by atoms with van der Waals surface area (Å²) < 4.78 is 26.3. The average molecular weight is 356 g/mol. The molecule has 0 aliphatic carbocycles. The molecule has 0 radical (unpaired) electrons. The summed E-state index contributed by atoms with van der Waals surface area (Å²) in [6.07, 6.45) is 0. The molecule has 0 atom stereocenters. The molecule has 24 heavy (non-hydrogen) atoms. The summed E-state index contributed by atoms with van der Waals surface area (Å²) in [4.78, 5) is 23.9. The number of non-ortho nitro benzene ring substituents is 1. The molecule has 1 heterocycles. The predicted octanol–water partition coefficient (Wildman–Crippen LogP) is -0.0445. The Balaban J connectivity index is 2.21. The van der Waals surface area contributed by atoms with E-state index in [9.17, 15) is 23.3 Å². The quantitative estimate of drug-likeness (QED) is 0.585. The number of rotatable bonds is 5. The Hall–Kier alpha value is -2.04. The van der Waals surface area contributed by atoms with Crippen molar-refractivity contribution in [3.8, 4) is 0 Å². The SMILES string of the molecule is Cc1ccc([N+](=O)[O-])cc1S(=O)(=O)N(C)CC(=O)N1CCNCC1. The van der Waals surface area contributed by atoms with Crippen LogP contribution in [0.15, 0.2) is 23.1 Å². The van der Waals surface area contributed by atoms with Gasteiger partial charge in [0.15, 0.2) is 0 Å². The summed E-state index contributed by atoms with van der Waals surface area (Å²) in [6, 6.07) is 3.66. The lowest BCUT2D eigenvalue weighted by atomic mass is 10.2. The number of benzene rings is 1. The summed E-state index contributed by atoms with van der Waals surface area (Å²) in [5.41, 5.74) is 0.0862. The molecule has 1 amide bonds. The number of nitro groups is 1. The molecule has 1 aromatic rings. The van der Waals surface area contributed by atoms with Gasteiger partial charge in [0.25, 0.3) is 5.69 Å². The first-order chi connectivity index (χ1) is 11.2. The van der Waals surface area contributed by atoms with E-state index in [4.69, 9.17) is 0 Å². The van der Waals surface area contributed by atoms with E-state index in [0.29, 0.717) is 31.7 Å². The first-order valence-corrected chi connectivity index (χ1v) is 8.87. The van der Waals surface area contributed by atoms with Crippen molar-refractivity contribution in [2.45, 2.75) is 11.8 Å². The Morgan fingerprint density at radius 1 is 1.38 bits per heavy atom. The topological polar surface area (TPSA) is 113 Å². The van der Waals surface area contributed by atoms with Crippen LogP contribution in [0.3, 0.4) is 0 Å². The predicted molar refractivity (Wildman–Crippen MR) is 87.1 cm³/mol. The number of likely N-dealkylation sites (N-methyl/N-ethyl adjacent to an activating group) is 1. The van der Waals surface area contributed by atoms with Crippen LogP contribution in [0, 0.1) is 17.0 Å². The van der Waals surface area contributed by atoms with Crippen LogP contribution >= 0.6 is 0 Å². The third-order valence-electron chi connectivity index (χ3n) is 3.90. The fraction of sp³-hybridized carbons (Fsp3) is 0.500. The fourth-order valence-corrected chi connectivity index (χ4v) is 3.80. The van der Waals surface area contributed by atoms with E-state index in [-0.39, 0.29) is 23.0 Å². The van der Waals surface area contributed by atoms with Gasteiger partial charge in [0, 0.05) is 45.4 Å². The molecule has 1 fully saturated rings. The Labute approximate surface area is 140 Å². The summed E-state index contributed by atoms with van der Waals surface area (Å²) in [6.45, 7) is 3.66. The van der Waals surface area contributed by atoms with Gasteiger partial charge in [-0.15, -0.1) is 0 Å². The molecule has 1 aromatic carbocycles. The Morgan fingerprint density at radius 3 is 2.58 bits per heavy atom. The van der Waals surface area contributed by atoms with Gasteiger partial charge < -0.3 is 10.2 Å². The van der Waals surface area contributed by atoms with E-state index in [1.165, 1.54) is 19.2 Å². The highest BCUT2D eigenvalue weighted by Crippen LogP contribution is 2.24. The molecule has 10 heteroatoms. The summed E-state index contributed by atoms with van der Waals surface area (Å²) in [5.74, 6) is -0.286. The maximum Gasteiger partial charge on any atom is 0.270 e. The van der Waals surface area contributed by atoms with Crippen LogP contribution in [0.5, 0.6) is 0 Å². The second kappa shape index (κ2) is 7.24. The lowest BCUT2D eigenvalue weighted by Crippen LogP contribution is -2.49. The van der Waals surface area contributed by atoms with Crippen molar-refractivity contribution in [1.82, 2.24) is 14.5 Å². The minimum atomic E-state index is -3.99. The van der Waals surface area contributed by atoms with E-state index >= 15 is 0 Å². The van der Waals surface area contributed by atoms with Crippen LogP contribution in [-0.4, -0.2) is 68.2 Å². The van der Waals surface area contributed by atoms with Gasteiger partial charge >= 0.3 is 0 Å². The molecule has 132 valence electrons. The molecule has 9 nitrogen and oxygen atoms in total. The van der Waals surface area contributed by atoms with Crippen LogP contribution in [0.25, 0.3) is 0 Å². The third kappa shape index (κ3) is 3.89. The maximum absolute atomic E-state index is 12.7. The standard InChI is InChI=1S/C14H20N4O5S/c1-11-3-4-12(18(20)21)9-13(11)24(22,23)16(2)10-14(19)17-7-5-15-6-8-17/h3-4,9,15H,5-8,10H2,1-2H3. The Morgan fingerprint density at radius 2 is 2.00 bits per heavy atom. The van der Waals surface area contributed by atoms with Crippen molar-refractivity contribution in [3.63, 3.8) is 0 Å². The molecule has 0 saturated carbocycles. The Kier molecular flexibility index (Phi) is 5.52. The van der Waals surface area contributed by atoms with Crippen LogP contribution in [-0.2, 0) is 14.8 Å². The number of nitrogens with one attached hydrogen (secondary N) is 1. The monoisotopic (exact) mass is 356 g/mol. The van der Waals surface area contributed by atoms with Crippen LogP contribution in [0.2, 0.25) is 0 Å². The van der Waals surface area contributed by atoms with Crippen molar-refractivity contribution < 1.29 is 18.1 Å². The first-order valence-electron chi connectivity index (χ1n) is 7.43. The smallest absolute Gasteiger partial charge is 0.270 e. The van der Waals surface area contributed by atoms with Crippen molar-refractivity contribution in [3.05, 3.63) is 33.9 Å². The van der Waals surface area contributed by atoms with E-state index < -0.39 is 14.9 Å². The molecule has 0 spiro atoms. The molecule has 1 aliphatic rings. The maximum atomic E-state index is 12.7. The number of piperazine rings is 1. The molecule has 1 saturated heterocycles. The molecular formula is C14H20N4O5S. The van der Waals surface area contributed by atoms with Gasteiger partial charge in [-0.05, 0) is 12.5 Å². The Bertz CT molecular complexity index is 744. The lowest BCUT2D eigenvalue weighted by molar-refractivity contribution is -0.385. The summed E-state index contributed by atoms with van der Waals surface area (Å²) in [5, 5.41) is 14.0. The van der Waals surface area contributed by atoms with E-state index in [1.807, 2.05) is 0 Å². The second-order valence-electron chi connectivity index (χ2n) is 5.60. The largest absolute Gasteiger partial charge is 0.339 e. The van der Waals surface area contributed by atoms with Crippen molar-refractivity contribution in [2.75, 3.05) is 39.8 Å². The third-order valence-corrected chi connectivity index (χ3v) is 5.84. The molecule has 0 bridgehead atoms. The number of amides is 1. The number of sulfonamides is 1. The molecule has 1 aliphatic heterocycles. The number of hydrogen-bond acceptors (Lipinski definition) is 6. The van der Waals surface area contributed by atoms with Gasteiger partial charge in [-0.3, -0.25) is 14.9 Å². The van der Waals surface area contributed by atoms with Crippen LogP contribution < -0.4 is 5.32 Å². The summed E-state index contributed by atoms with van der Waals surface area (Å²) in [7, 11) is -2.69. The lowest BCUT2D eigenvalue weighted by Gasteiger charge is -2.29. The fourth-order valence-electron chi connectivity index (χ4n) is 2.44. The van der Waals surface area contributed by atoms with E-state index in [1.54, 1.807) is 11.8 Å². The molecule has 2 rings (SSSR count). The molecular weight excluding hydrogens is 336 g/mol. The van der Waals surface area contributed by atoms with Crippen LogP contribution in [0.4, 0.5) is 5.69 Å². The van der Waals surface area contributed by atoms with Crippen LogP contribution in [0.1, 0.15) is 5.56 Å². The van der Waals surface area contributed by atoms with Gasteiger partial charge in [0.2, 0.25) is 15.9 Å².